The number of halogens is 1. The van der Waals surface area contributed by atoms with Gasteiger partial charge >= 0.3 is 0 Å². The Hall–Kier alpha value is -11.2. The van der Waals surface area contributed by atoms with E-state index in [0.717, 1.165) is 23.7 Å². The number of primary amides is 1. The largest absolute Gasteiger partial charge is 0.394 e. The van der Waals surface area contributed by atoms with Crippen molar-refractivity contribution in [1.29, 1.82) is 0 Å². The Kier molecular flexibility index (Phi) is 31.8. The highest BCUT2D eigenvalue weighted by molar-refractivity contribution is 5.99. The molecule has 0 saturated carbocycles. The molecule has 10 atom stereocenters. The molecule has 1 fully saturated rings. The van der Waals surface area contributed by atoms with E-state index in [9.17, 15) is 62.2 Å². The van der Waals surface area contributed by atoms with Crippen LogP contribution in [-0.2, 0) is 78.4 Å². The van der Waals surface area contributed by atoms with Crippen LogP contribution in [0.1, 0.15) is 108 Å². The van der Waals surface area contributed by atoms with Crippen molar-refractivity contribution >= 4 is 87.7 Å². The summed E-state index contributed by atoms with van der Waals surface area (Å²) in [6, 6.07) is 11.1. The fraction of sp³-hybridized carbons (Fsp3) is 0.466. The summed E-state index contributed by atoms with van der Waals surface area (Å²) in [6.45, 7) is 7.27. The number of carbonyl (C=O) groups excluding carboxylic acids is 11. The van der Waals surface area contributed by atoms with Crippen LogP contribution < -0.4 is 75.7 Å². The summed E-state index contributed by atoms with van der Waals surface area (Å²) in [7, 11) is 0. The average molecular weight is 1450 g/mol. The Morgan fingerprint density at radius 2 is 1.10 bits per heavy atom. The smallest absolute Gasteiger partial charge is 0.245 e. The fourth-order valence-corrected chi connectivity index (χ4v) is 12.1. The van der Waals surface area contributed by atoms with Gasteiger partial charge in [-0.2, -0.15) is 0 Å². The number of hydrogen-bond donors (Lipinski definition) is 15. The third-order valence-electron chi connectivity index (χ3n) is 17.6. The third kappa shape index (κ3) is 26.5. The summed E-state index contributed by atoms with van der Waals surface area (Å²) < 4.78 is 14.3. The number of carbonyl (C=O) groups is 11. The van der Waals surface area contributed by atoms with Crippen molar-refractivity contribution in [2.75, 3.05) is 39.3 Å². The van der Waals surface area contributed by atoms with E-state index < -0.39 is 138 Å². The van der Waals surface area contributed by atoms with Gasteiger partial charge in [0.2, 0.25) is 65.0 Å². The molecule has 2 aliphatic rings. The highest BCUT2D eigenvalue weighted by atomic mass is 19.1. The van der Waals surface area contributed by atoms with E-state index in [-0.39, 0.29) is 82.8 Å². The number of nitrogens with zero attached hydrogens (tertiary/aromatic N) is 5. The molecule has 0 spiro atoms. The number of amides is 11. The number of hydrogen-bond acceptors (Lipinski definition) is 18. The van der Waals surface area contributed by atoms with Crippen LogP contribution >= 0.6 is 0 Å². The zero-order chi connectivity index (χ0) is 76.0. The van der Waals surface area contributed by atoms with E-state index in [1.807, 2.05) is 56.3 Å². The number of aromatic nitrogens is 2. The van der Waals surface area contributed by atoms with Crippen LogP contribution in [0.25, 0.3) is 10.8 Å². The predicted octanol–water partition coefficient (Wildman–Crippen LogP) is -0.880. The standard InChI is InChI=1S/C73H98FN19O12/c1-43(2)34-55(64(98)87-54(18-7-8-29-81-73-82-31-13-32-83-73)71(105)93-33-12-20-61(93)70(104)84-44(3)62(75)96)88-67(101)58(38-48-14-9-27-78-40-48)89-63(97)53(19-11-30-80-72(76)77)86-69(103)60(42-94)92-68(102)59(39-49-15-10-28-79-41-49)91-66(100)57(36-46-22-25-52(74)26-23-46)90-65(99)56(85-45(4)95)37-47-21-24-50-16-5-6-17-51(50)35-47/h5-6,9-10,14-17,21-28,35,40-41,43-44,53-61,94H,7-8,11-13,18-20,29-34,36-39,42H2,1-4H3,(H2,75,96)(H,84,104)(H,85,95)(H,86,103)(H,87,98)(H,88,101)(H,89,97)(H,90,99)(H,91,100)(H,92,102)(H4,76,77,80)(H2,81,82,83)/t44-,53+,54+,55+,56-,57-,58-,59-,60+,61+/m1/s1. The van der Waals surface area contributed by atoms with Crippen molar-refractivity contribution < 1.29 is 62.2 Å². The molecule has 2 aliphatic heterocycles. The van der Waals surface area contributed by atoms with Crippen molar-refractivity contribution in [3.8, 4) is 0 Å². The minimum atomic E-state index is -1.83. The molecule has 7 rings (SSSR count). The lowest BCUT2D eigenvalue weighted by Crippen LogP contribution is -2.61. The Morgan fingerprint density at radius 3 is 1.67 bits per heavy atom. The summed E-state index contributed by atoms with van der Waals surface area (Å²) in [5.41, 5.74) is 18.7. The van der Waals surface area contributed by atoms with Crippen LogP contribution in [0, 0.1) is 11.7 Å². The van der Waals surface area contributed by atoms with E-state index in [1.54, 1.807) is 24.3 Å². The number of likely N-dealkylation sites (tertiary alicyclic amines) is 1. The monoisotopic (exact) mass is 1450 g/mol. The zero-order valence-electron chi connectivity index (χ0n) is 59.5. The number of aliphatic imine (C=N–C) groups is 2. The van der Waals surface area contributed by atoms with Crippen molar-refractivity contribution in [3.05, 3.63) is 144 Å². The first-order chi connectivity index (χ1) is 50.3. The Morgan fingerprint density at radius 1 is 0.581 bits per heavy atom. The summed E-state index contributed by atoms with van der Waals surface area (Å²) in [4.78, 5) is 174. The normalized spacial score (nSPS) is 15.9. The van der Waals surface area contributed by atoms with Gasteiger partial charge in [-0.3, -0.25) is 72.7 Å². The SMILES string of the molecule is CC(=O)N[C@H](Cc1ccc2ccccc2c1)C(=O)N[C@H](Cc1ccc(F)cc1)C(=O)N[C@H](Cc1cccnc1)C(=O)N[C@@H](CO)C(=O)N[C@@H](CCCN=C(N)N)C(=O)N[C@H](Cc1cccnc1)C(=O)N[C@@H](CC(C)C)C(=O)N[C@@H](CCCCNC1=NCCCN1)C(=O)N1CCC[C@H]1C(=O)N[C@H](C)C(N)=O. The molecule has 1 saturated heterocycles. The molecular weight excluding hydrogens is 1350 g/mol. The Labute approximate surface area is 608 Å². The summed E-state index contributed by atoms with van der Waals surface area (Å²) in [6.07, 6.45) is 7.75. The number of unbranched alkanes of at least 4 members (excludes halogenated alkanes) is 1. The van der Waals surface area contributed by atoms with Crippen LogP contribution in [-0.4, -0.2) is 197 Å². The number of pyridine rings is 2. The van der Waals surface area contributed by atoms with Crippen LogP contribution in [0.5, 0.6) is 0 Å². The van der Waals surface area contributed by atoms with Gasteiger partial charge in [-0.15, -0.1) is 0 Å². The molecule has 11 amide bonds. The first-order valence-corrected chi connectivity index (χ1v) is 35.3. The quantitative estimate of drug-likeness (QED) is 0.0129. The average Bonchev–Trinajstić information content (AvgIpc) is 1.72. The molecule has 0 bridgehead atoms. The van der Waals surface area contributed by atoms with Gasteiger partial charge in [-0.1, -0.05) is 80.6 Å². The molecule has 5 aromatic rings. The van der Waals surface area contributed by atoms with Gasteiger partial charge in [0.15, 0.2) is 11.9 Å². The second-order valence-corrected chi connectivity index (χ2v) is 26.5. The van der Waals surface area contributed by atoms with E-state index in [0.29, 0.717) is 60.6 Å². The second kappa shape index (κ2) is 41.2. The molecular formula is C73H98FN19O12. The van der Waals surface area contributed by atoms with Crippen molar-refractivity contribution in [2.45, 2.75) is 172 Å². The van der Waals surface area contributed by atoms with Crippen LogP contribution in [0.15, 0.2) is 126 Å². The van der Waals surface area contributed by atoms with E-state index in [2.05, 4.69) is 78.4 Å². The Balaban J connectivity index is 1.11. The minimum Gasteiger partial charge on any atom is -0.394 e. The van der Waals surface area contributed by atoms with Crippen molar-refractivity contribution in [1.82, 2.24) is 73.4 Å². The van der Waals surface area contributed by atoms with Crippen molar-refractivity contribution in [2.24, 2.45) is 33.1 Å². The maximum Gasteiger partial charge on any atom is 0.245 e. The summed E-state index contributed by atoms with van der Waals surface area (Å²) >= 11 is 0. The maximum atomic E-state index is 14.9. The van der Waals surface area contributed by atoms with Crippen molar-refractivity contribution in [3.63, 3.8) is 0 Å². The lowest BCUT2D eigenvalue weighted by Gasteiger charge is -2.31. The number of aliphatic hydroxyl groups is 1. The first-order valence-electron chi connectivity index (χ1n) is 35.3. The van der Waals surface area contributed by atoms with Gasteiger partial charge in [0.25, 0.3) is 0 Å². The molecule has 105 heavy (non-hydrogen) atoms. The van der Waals surface area contributed by atoms with Gasteiger partial charge in [0.05, 0.1) is 6.61 Å². The third-order valence-corrected chi connectivity index (χ3v) is 17.6. The highest BCUT2D eigenvalue weighted by Crippen LogP contribution is 2.22. The predicted molar refractivity (Wildman–Crippen MR) is 390 cm³/mol. The number of nitrogens with one attached hydrogen (secondary N) is 11. The molecule has 0 unspecified atom stereocenters. The molecule has 31 nitrogen and oxygen atoms in total. The van der Waals surface area contributed by atoms with Gasteiger partial charge in [0.1, 0.15) is 66.2 Å². The molecule has 4 heterocycles. The highest BCUT2D eigenvalue weighted by Gasteiger charge is 2.40. The van der Waals surface area contributed by atoms with Crippen LogP contribution in [0.3, 0.4) is 0 Å². The topological polar surface area (TPSA) is 472 Å². The van der Waals surface area contributed by atoms with Gasteiger partial charge < -0.3 is 85.7 Å². The van der Waals surface area contributed by atoms with E-state index in [4.69, 9.17) is 17.2 Å². The van der Waals surface area contributed by atoms with Crippen LogP contribution in [0.4, 0.5) is 4.39 Å². The van der Waals surface area contributed by atoms with Gasteiger partial charge in [-0.25, -0.2) is 4.39 Å². The number of aliphatic hydroxyl groups excluding tert-OH is 1. The minimum absolute atomic E-state index is 0.00755. The van der Waals surface area contributed by atoms with E-state index in [1.165, 1.54) is 67.8 Å². The second-order valence-electron chi connectivity index (χ2n) is 26.5. The zero-order valence-corrected chi connectivity index (χ0v) is 59.5. The lowest BCUT2D eigenvalue weighted by atomic mass is 9.99. The molecule has 0 aliphatic carbocycles. The molecule has 3 aromatic carbocycles. The maximum absolute atomic E-state index is 14.9. The Bertz CT molecular complexity index is 3850. The number of guanidine groups is 2. The van der Waals surface area contributed by atoms with Gasteiger partial charge in [-0.05, 0) is 128 Å². The summed E-state index contributed by atoms with van der Waals surface area (Å²) in [5, 5.41) is 43.3. The molecule has 564 valence electrons. The fourth-order valence-electron chi connectivity index (χ4n) is 12.1. The van der Waals surface area contributed by atoms with Gasteiger partial charge in [0, 0.05) is 90.1 Å². The first kappa shape index (κ1) is 81.1. The summed E-state index contributed by atoms with van der Waals surface area (Å²) in [5.74, 6) is -9.25. The number of benzene rings is 3. The molecule has 0 radical (unpaired) electrons. The number of rotatable bonds is 39. The number of fused-ring (bicyclic) bond motifs is 1. The molecule has 2 aromatic heterocycles. The molecule has 18 N–H and O–H groups in total. The lowest BCUT2D eigenvalue weighted by molar-refractivity contribution is -0.142. The molecule has 32 heteroatoms. The number of nitrogens with two attached hydrogens (primary N) is 3. The van der Waals surface area contributed by atoms with E-state index >= 15 is 0 Å². The van der Waals surface area contributed by atoms with Crippen LogP contribution in [0.2, 0.25) is 0 Å².